The molecule has 0 aliphatic heterocycles. The second-order valence-electron chi connectivity index (χ2n) is 4.74. The molecule has 2 rings (SSSR count). The maximum absolute atomic E-state index is 11.5. The van der Waals surface area contributed by atoms with Gasteiger partial charge in [0.05, 0.1) is 4.90 Å². The van der Waals surface area contributed by atoms with Crippen LogP contribution in [0.3, 0.4) is 0 Å². The van der Waals surface area contributed by atoms with Gasteiger partial charge in [-0.1, -0.05) is 0 Å². The molecule has 0 atom stereocenters. The smallest absolute Gasteiger partial charge is 0.261 e. The van der Waals surface area contributed by atoms with E-state index in [2.05, 4.69) is 4.98 Å². The number of benzene rings is 1. The van der Waals surface area contributed by atoms with Gasteiger partial charge >= 0.3 is 0 Å². The molecule has 0 radical (unpaired) electrons. The lowest BCUT2D eigenvalue weighted by Crippen LogP contribution is -2.06. The van der Waals surface area contributed by atoms with Crippen LogP contribution >= 0.6 is 10.7 Å². The van der Waals surface area contributed by atoms with Crippen LogP contribution in [-0.4, -0.2) is 18.0 Å². The van der Waals surface area contributed by atoms with Gasteiger partial charge in [0.1, 0.15) is 18.2 Å². The van der Waals surface area contributed by atoms with Crippen LogP contribution in [0.25, 0.3) is 0 Å². The predicted octanol–water partition coefficient (Wildman–Crippen LogP) is 3.03. The van der Waals surface area contributed by atoms with Crippen molar-refractivity contribution < 1.29 is 13.2 Å². The van der Waals surface area contributed by atoms with Gasteiger partial charge in [0.2, 0.25) is 0 Å². The first-order valence-corrected chi connectivity index (χ1v) is 8.82. The van der Waals surface area contributed by atoms with E-state index in [0.717, 1.165) is 17.9 Å². The van der Waals surface area contributed by atoms with E-state index in [0.29, 0.717) is 17.9 Å². The topological polar surface area (TPSA) is 61.2 Å². The maximum Gasteiger partial charge on any atom is 0.261 e. The molecule has 0 amide bonds. The summed E-state index contributed by atoms with van der Waals surface area (Å²) < 4.78 is 30.7. The molecule has 1 aromatic carbocycles. The Labute approximate surface area is 128 Å². The molecule has 0 saturated heterocycles. The van der Waals surface area contributed by atoms with Crippen LogP contribution in [0.5, 0.6) is 5.75 Å². The normalized spacial score (nSPS) is 11.6. The summed E-state index contributed by atoms with van der Waals surface area (Å²) in [5.41, 5.74) is 1.28. The Morgan fingerprint density at radius 3 is 2.62 bits per heavy atom. The minimum Gasteiger partial charge on any atom is -0.485 e. The second-order valence-corrected chi connectivity index (χ2v) is 7.27. The number of imidazole rings is 1. The molecule has 1 aromatic heterocycles. The first kappa shape index (κ1) is 15.9. The van der Waals surface area contributed by atoms with E-state index in [1.54, 1.807) is 26.1 Å². The van der Waals surface area contributed by atoms with E-state index in [1.165, 1.54) is 6.07 Å². The molecule has 0 bridgehead atoms. The Morgan fingerprint density at radius 2 is 2.00 bits per heavy atom. The fourth-order valence-corrected chi connectivity index (χ4v) is 3.35. The van der Waals surface area contributed by atoms with Crippen molar-refractivity contribution in [2.24, 2.45) is 0 Å². The molecule has 0 aliphatic rings. The van der Waals surface area contributed by atoms with Gasteiger partial charge in [0, 0.05) is 29.6 Å². The van der Waals surface area contributed by atoms with Gasteiger partial charge < -0.3 is 9.30 Å². The molecular formula is C14H17ClN2O3S. The number of nitrogens with zero attached hydrogens (tertiary/aromatic N) is 2. The molecule has 1 heterocycles. The summed E-state index contributed by atoms with van der Waals surface area (Å²) in [4.78, 5) is 4.35. The largest absolute Gasteiger partial charge is 0.485 e. The van der Waals surface area contributed by atoms with Crippen LogP contribution in [0.1, 0.15) is 23.9 Å². The molecule has 0 saturated carbocycles. The lowest BCUT2D eigenvalue weighted by atomic mass is 10.1. The van der Waals surface area contributed by atoms with Crippen LogP contribution in [-0.2, 0) is 22.2 Å². The third-order valence-electron chi connectivity index (χ3n) is 3.23. The Kier molecular flexibility index (Phi) is 4.58. The third-order valence-corrected chi connectivity index (χ3v) is 4.70. The summed E-state index contributed by atoms with van der Waals surface area (Å²) in [5.74, 6) is 1.45. The van der Waals surface area contributed by atoms with Crippen molar-refractivity contribution in [3.05, 3.63) is 41.5 Å². The molecule has 0 spiro atoms. The van der Waals surface area contributed by atoms with Crippen molar-refractivity contribution in [2.45, 2.75) is 38.8 Å². The van der Waals surface area contributed by atoms with Gasteiger partial charge in [-0.25, -0.2) is 13.4 Å². The van der Waals surface area contributed by atoms with Crippen LogP contribution in [0, 0.1) is 13.8 Å². The summed E-state index contributed by atoms with van der Waals surface area (Å²) >= 11 is 0. The number of hydrogen-bond donors (Lipinski definition) is 0. The van der Waals surface area contributed by atoms with Crippen molar-refractivity contribution in [3.63, 3.8) is 0 Å². The number of rotatable bonds is 5. The highest BCUT2D eigenvalue weighted by Crippen LogP contribution is 2.28. The second kappa shape index (κ2) is 6.07. The highest BCUT2D eigenvalue weighted by molar-refractivity contribution is 8.13. The minimum atomic E-state index is -3.74. The third kappa shape index (κ3) is 3.57. The van der Waals surface area contributed by atoms with E-state index >= 15 is 0 Å². The van der Waals surface area contributed by atoms with Crippen molar-refractivity contribution in [2.75, 3.05) is 0 Å². The molecule has 7 heteroatoms. The highest BCUT2D eigenvalue weighted by atomic mass is 35.7. The number of hydrogen-bond acceptors (Lipinski definition) is 4. The SMILES string of the molecule is CCn1ccnc1COc1cc(C)c(S(=O)(=O)Cl)cc1C. The molecule has 0 fully saturated rings. The molecule has 21 heavy (non-hydrogen) atoms. The van der Waals surface area contributed by atoms with Crippen LogP contribution in [0.4, 0.5) is 0 Å². The monoisotopic (exact) mass is 328 g/mol. The van der Waals surface area contributed by atoms with E-state index in [1.807, 2.05) is 17.7 Å². The van der Waals surface area contributed by atoms with Crippen LogP contribution in [0.15, 0.2) is 29.4 Å². The molecule has 0 aliphatic carbocycles. The average molecular weight is 329 g/mol. The summed E-state index contributed by atoms with van der Waals surface area (Å²) in [6, 6.07) is 3.21. The zero-order valence-corrected chi connectivity index (χ0v) is 13.7. The first-order valence-electron chi connectivity index (χ1n) is 6.51. The van der Waals surface area contributed by atoms with Crippen molar-refractivity contribution in [1.82, 2.24) is 9.55 Å². The lowest BCUT2D eigenvalue weighted by Gasteiger charge is -2.12. The number of aryl methyl sites for hydroxylation is 3. The van der Waals surface area contributed by atoms with E-state index in [4.69, 9.17) is 15.4 Å². The summed E-state index contributed by atoms with van der Waals surface area (Å²) in [7, 11) is 1.66. The van der Waals surface area contributed by atoms with Crippen molar-refractivity contribution in [3.8, 4) is 5.75 Å². The van der Waals surface area contributed by atoms with Crippen LogP contribution in [0.2, 0.25) is 0 Å². The van der Waals surface area contributed by atoms with E-state index in [-0.39, 0.29) is 4.90 Å². The van der Waals surface area contributed by atoms with Gasteiger partial charge in [-0.2, -0.15) is 0 Å². The summed E-state index contributed by atoms with van der Waals surface area (Å²) in [6.45, 7) is 6.65. The van der Waals surface area contributed by atoms with E-state index in [9.17, 15) is 8.42 Å². The predicted molar refractivity (Wildman–Crippen MR) is 81.2 cm³/mol. The van der Waals surface area contributed by atoms with E-state index < -0.39 is 9.05 Å². The number of halogens is 1. The first-order chi connectivity index (χ1) is 9.82. The molecule has 5 nitrogen and oxygen atoms in total. The number of aromatic nitrogens is 2. The van der Waals surface area contributed by atoms with Gasteiger partial charge in [-0.3, -0.25) is 0 Å². The molecule has 114 valence electrons. The van der Waals surface area contributed by atoms with Gasteiger partial charge in [-0.05, 0) is 44.0 Å². The fraction of sp³-hybridized carbons (Fsp3) is 0.357. The Balaban J connectivity index is 2.24. The zero-order chi connectivity index (χ0) is 15.6. The quantitative estimate of drug-likeness (QED) is 0.791. The van der Waals surface area contributed by atoms with Gasteiger partial charge in [0.15, 0.2) is 0 Å². The zero-order valence-electron chi connectivity index (χ0n) is 12.1. The average Bonchev–Trinajstić information content (AvgIpc) is 2.85. The summed E-state index contributed by atoms with van der Waals surface area (Å²) in [5, 5.41) is 0. The maximum atomic E-state index is 11.5. The molecular weight excluding hydrogens is 312 g/mol. The van der Waals surface area contributed by atoms with Crippen LogP contribution < -0.4 is 4.74 Å². The fourth-order valence-electron chi connectivity index (χ4n) is 2.09. The van der Waals surface area contributed by atoms with Crippen molar-refractivity contribution >= 4 is 19.7 Å². The Hall–Kier alpha value is -1.53. The lowest BCUT2D eigenvalue weighted by molar-refractivity contribution is 0.287. The Bertz CT molecular complexity index is 754. The molecule has 2 aromatic rings. The number of ether oxygens (including phenoxy) is 1. The van der Waals surface area contributed by atoms with Gasteiger partial charge in [-0.15, -0.1) is 0 Å². The van der Waals surface area contributed by atoms with Crippen molar-refractivity contribution in [1.29, 1.82) is 0 Å². The highest BCUT2D eigenvalue weighted by Gasteiger charge is 2.16. The molecule has 0 unspecified atom stereocenters. The minimum absolute atomic E-state index is 0.115. The Morgan fingerprint density at radius 1 is 1.29 bits per heavy atom. The summed E-state index contributed by atoms with van der Waals surface area (Å²) in [6.07, 6.45) is 3.61. The molecule has 0 N–H and O–H groups in total. The standard InChI is InChI=1S/C14H17ClN2O3S/c1-4-17-6-5-16-14(17)9-20-12-7-11(3)13(8-10(12)2)21(15,18)19/h5-8H,4,9H2,1-3H3. The van der Waals surface area contributed by atoms with Gasteiger partial charge in [0.25, 0.3) is 9.05 Å².